The van der Waals surface area contributed by atoms with Gasteiger partial charge in [0.2, 0.25) is 10.0 Å². The van der Waals surface area contributed by atoms with E-state index in [1.807, 2.05) is 16.8 Å². The standard InChI is InChI=1S/C13H15FN2O2S2/c14-13-2-1-12(7-11(13)8-15)20(17,18)16-5-3-10-4-6-19-9-10/h1-2,4,6-7,9,16H,3,5,8,15H2. The molecule has 20 heavy (non-hydrogen) atoms. The van der Waals surface area contributed by atoms with Crippen molar-refractivity contribution in [2.24, 2.45) is 5.73 Å². The summed E-state index contributed by atoms with van der Waals surface area (Å²) in [4.78, 5) is 0.0321. The second-order valence-corrected chi connectivity index (χ2v) is 6.78. The fourth-order valence-corrected chi connectivity index (χ4v) is 3.51. The summed E-state index contributed by atoms with van der Waals surface area (Å²) in [5.41, 5.74) is 6.64. The number of hydrogen-bond acceptors (Lipinski definition) is 4. The van der Waals surface area contributed by atoms with Crippen LogP contribution in [-0.4, -0.2) is 15.0 Å². The Morgan fingerprint density at radius 2 is 2.10 bits per heavy atom. The average Bonchev–Trinajstić information content (AvgIpc) is 2.92. The maximum Gasteiger partial charge on any atom is 0.240 e. The van der Waals surface area contributed by atoms with Crippen LogP contribution in [0.2, 0.25) is 0 Å². The van der Waals surface area contributed by atoms with E-state index in [1.54, 1.807) is 11.3 Å². The van der Waals surface area contributed by atoms with Gasteiger partial charge in [-0.3, -0.25) is 0 Å². The fraction of sp³-hybridized carbons (Fsp3) is 0.231. The van der Waals surface area contributed by atoms with Crippen LogP contribution < -0.4 is 10.5 Å². The number of thiophene rings is 1. The van der Waals surface area contributed by atoms with Crippen molar-refractivity contribution in [3.63, 3.8) is 0 Å². The number of rotatable bonds is 6. The molecule has 0 bridgehead atoms. The first-order valence-electron chi connectivity index (χ1n) is 6.02. The third-order valence-electron chi connectivity index (χ3n) is 2.83. The molecule has 4 nitrogen and oxygen atoms in total. The van der Waals surface area contributed by atoms with Gasteiger partial charge in [0.15, 0.2) is 0 Å². The maximum absolute atomic E-state index is 13.3. The molecule has 0 aliphatic heterocycles. The predicted molar refractivity (Wildman–Crippen MR) is 77.5 cm³/mol. The van der Waals surface area contributed by atoms with E-state index < -0.39 is 15.8 Å². The fourth-order valence-electron chi connectivity index (χ4n) is 1.72. The molecular weight excluding hydrogens is 299 g/mol. The van der Waals surface area contributed by atoms with Crippen LogP contribution in [0.25, 0.3) is 0 Å². The van der Waals surface area contributed by atoms with Gasteiger partial charge in [-0.1, -0.05) is 0 Å². The van der Waals surface area contributed by atoms with Crippen molar-refractivity contribution in [1.82, 2.24) is 4.72 Å². The van der Waals surface area contributed by atoms with Gasteiger partial charge >= 0.3 is 0 Å². The summed E-state index contributed by atoms with van der Waals surface area (Å²) in [6.45, 7) is 0.262. The molecule has 2 aromatic rings. The zero-order valence-corrected chi connectivity index (χ0v) is 12.3. The van der Waals surface area contributed by atoms with Crippen LogP contribution in [0.15, 0.2) is 39.9 Å². The molecule has 0 radical (unpaired) electrons. The Balaban J connectivity index is 2.06. The third kappa shape index (κ3) is 3.63. The van der Waals surface area contributed by atoms with E-state index >= 15 is 0 Å². The molecule has 0 saturated heterocycles. The summed E-state index contributed by atoms with van der Waals surface area (Å²) in [7, 11) is -3.63. The summed E-state index contributed by atoms with van der Waals surface area (Å²) in [5, 5.41) is 3.91. The van der Waals surface area contributed by atoms with E-state index in [2.05, 4.69) is 4.72 Å². The average molecular weight is 314 g/mol. The van der Waals surface area contributed by atoms with E-state index in [-0.39, 0.29) is 17.0 Å². The highest BCUT2D eigenvalue weighted by Gasteiger charge is 2.15. The number of nitrogens with two attached hydrogens (primary N) is 1. The summed E-state index contributed by atoms with van der Waals surface area (Å²) in [6.07, 6.45) is 0.619. The first-order chi connectivity index (χ1) is 9.53. The molecule has 0 saturated carbocycles. The van der Waals surface area contributed by atoms with Gasteiger partial charge in [-0.2, -0.15) is 11.3 Å². The number of halogens is 1. The van der Waals surface area contributed by atoms with Gasteiger partial charge in [0.1, 0.15) is 5.82 Å². The highest BCUT2D eigenvalue weighted by molar-refractivity contribution is 7.89. The third-order valence-corrected chi connectivity index (χ3v) is 5.02. The van der Waals surface area contributed by atoms with Crippen LogP contribution in [0.1, 0.15) is 11.1 Å². The van der Waals surface area contributed by atoms with Crippen molar-refractivity contribution in [3.8, 4) is 0 Å². The molecule has 108 valence electrons. The van der Waals surface area contributed by atoms with E-state index in [0.717, 1.165) is 11.6 Å². The molecule has 0 aliphatic rings. The molecule has 0 aliphatic carbocycles. The van der Waals surface area contributed by atoms with Crippen molar-refractivity contribution in [2.75, 3.05) is 6.54 Å². The first-order valence-corrected chi connectivity index (χ1v) is 8.45. The van der Waals surface area contributed by atoms with Crippen LogP contribution in [0.5, 0.6) is 0 Å². The van der Waals surface area contributed by atoms with Crippen LogP contribution in [0, 0.1) is 5.82 Å². The molecule has 7 heteroatoms. The minimum Gasteiger partial charge on any atom is -0.326 e. The monoisotopic (exact) mass is 314 g/mol. The van der Waals surface area contributed by atoms with Gasteiger partial charge in [0.05, 0.1) is 4.90 Å². The lowest BCUT2D eigenvalue weighted by atomic mass is 10.2. The molecule has 2 rings (SSSR count). The highest BCUT2D eigenvalue weighted by Crippen LogP contribution is 2.15. The Morgan fingerprint density at radius 3 is 2.75 bits per heavy atom. The van der Waals surface area contributed by atoms with Crippen LogP contribution >= 0.6 is 11.3 Å². The zero-order valence-electron chi connectivity index (χ0n) is 10.7. The number of benzene rings is 1. The summed E-state index contributed by atoms with van der Waals surface area (Å²) in [5.74, 6) is -0.496. The summed E-state index contributed by atoms with van der Waals surface area (Å²) in [6, 6.07) is 5.57. The molecule has 0 spiro atoms. The van der Waals surface area contributed by atoms with Gasteiger partial charge in [0.25, 0.3) is 0 Å². The van der Waals surface area contributed by atoms with E-state index in [9.17, 15) is 12.8 Å². The molecular formula is C13H15FN2O2S2. The minimum atomic E-state index is -3.63. The number of hydrogen-bond donors (Lipinski definition) is 2. The summed E-state index contributed by atoms with van der Waals surface area (Å²) < 4.78 is 39.9. The largest absolute Gasteiger partial charge is 0.326 e. The Labute approximate surface area is 121 Å². The highest BCUT2D eigenvalue weighted by atomic mass is 32.2. The molecule has 0 unspecified atom stereocenters. The van der Waals surface area contributed by atoms with Gasteiger partial charge in [-0.15, -0.1) is 0 Å². The first kappa shape index (κ1) is 15.1. The molecule has 1 heterocycles. The minimum absolute atomic E-state index is 0.0321. The Hall–Kier alpha value is -1.28. The lowest BCUT2D eigenvalue weighted by molar-refractivity contribution is 0.579. The Bertz CT molecular complexity index is 670. The number of nitrogens with one attached hydrogen (secondary N) is 1. The van der Waals surface area contributed by atoms with E-state index in [1.165, 1.54) is 12.1 Å². The second kappa shape index (κ2) is 6.45. The topological polar surface area (TPSA) is 72.2 Å². The number of sulfonamides is 1. The van der Waals surface area contributed by atoms with Gasteiger partial charge in [-0.25, -0.2) is 17.5 Å². The molecule has 0 fully saturated rings. The van der Waals surface area contributed by atoms with Crippen LogP contribution in [0.4, 0.5) is 4.39 Å². The van der Waals surface area contributed by atoms with Crippen molar-refractivity contribution >= 4 is 21.4 Å². The second-order valence-electron chi connectivity index (χ2n) is 4.24. The smallest absolute Gasteiger partial charge is 0.240 e. The van der Waals surface area contributed by atoms with E-state index in [0.29, 0.717) is 13.0 Å². The maximum atomic E-state index is 13.3. The van der Waals surface area contributed by atoms with Crippen molar-refractivity contribution in [1.29, 1.82) is 0 Å². The van der Waals surface area contributed by atoms with Crippen molar-refractivity contribution < 1.29 is 12.8 Å². The molecule has 0 amide bonds. The van der Waals surface area contributed by atoms with Crippen LogP contribution in [-0.2, 0) is 23.0 Å². The zero-order chi connectivity index (χ0) is 14.6. The predicted octanol–water partition coefficient (Wildman–Crippen LogP) is 1.87. The normalized spacial score (nSPS) is 11.7. The van der Waals surface area contributed by atoms with Gasteiger partial charge in [-0.05, 0) is 47.0 Å². The Kier molecular flexibility index (Phi) is 4.87. The quantitative estimate of drug-likeness (QED) is 0.855. The van der Waals surface area contributed by atoms with Crippen LogP contribution in [0.3, 0.4) is 0 Å². The lowest BCUT2D eigenvalue weighted by Crippen LogP contribution is -2.26. The molecule has 0 atom stereocenters. The van der Waals surface area contributed by atoms with Gasteiger partial charge < -0.3 is 5.73 Å². The summed E-state index contributed by atoms with van der Waals surface area (Å²) >= 11 is 1.57. The molecule has 1 aromatic carbocycles. The van der Waals surface area contributed by atoms with E-state index in [4.69, 9.17) is 5.73 Å². The SMILES string of the molecule is NCc1cc(S(=O)(=O)NCCc2ccsc2)ccc1F. The lowest BCUT2D eigenvalue weighted by Gasteiger charge is -2.08. The van der Waals surface area contributed by atoms with Gasteiger partial charge in [0, 0.05) is 18.7 Å². The van der Waals surface area contributed by atoms with Crippen molar-refractivity contribution in [2.45, 2.75) is 17.9 Å². The van der Waals surface area contributed by atoms with Crippen molar-refractivity contribution in [3.05, 3.63) is 52.0 Å². The Morgan fingerprint density at radius 1 is 1.30 bits per heavy atom. The molecule has 3 N–H and O–H groups in total. The molecule has 1 aromatic heterocycles.